The minimum absolute atomic E-state index is 0. The predicted octanol–water partition coefficient (Wildman–Crippen LogP) is 1.46. The molecular weight excluding hydrogens is 171 g/mol. The zero-order chi connectivity index (χ0) is 6.12. The van der Waals surface area contributed by atoms with E-state index in [-0.39, 0.29) is 13.5 Å². The highest BCUT2D eigenvalue weighted by Crippen LogP contribution is 1.78. The van der Waals surface area contributed by atoms with Crippen molar-refractivity contribution in [1.82, 2.24) is 0 Å². The van der Waals surface area contributed by atoms with Crippen LogP contribution in [0.2, 0.25) is 0 Å². The summed E-state index contributed by atoms with van der Waals surface area (Å²) in [5, 5.41) is 14.5. The summed E-state index contributed by atoms with van der Waals surface area (Å²) in [7, 11) is 0. The predicted molar refractivity (Wildman–Crippen MR) is 34.4 cm³/mol. The highest BCUT2D eigenvalue weighted by atomic mass is 35.6. The molecule has 8 heavy (non-hydrogen) atoms. The molecule has 0 aliphatic rings. The van der Waals surface area contributed by atoms with Crippen molar-refractivity contribution in [2.75, 3.05) is 0 Å². The van der Waals surface area contributed by atoms with Crippen LogP contribution in [0, 0.1) is 22.7 Å². The van der Waals surface area contributed by atoms with E-state index in [2.05, 4.69) is 27.6 Å². The lowest BCUT2D eigenvalue weighted by atomic mass is 10.9. The second-order valence-corrected chi connectivity index (χ2v) is 0.748. The zero-order valence-corrected chi connectivity index (χ0v) is 6.07. The lowest BCUT2D eigenvalue weighted by Gasteiger charge is -1.46. The van der Waals surface area contributed by atoms with Crippen LogP contribution in [0.4, 0.5) is 0 Å². The third-order valence-electron chi connectivity index (χ3n) is 0.0500. The monoisotopic (exact) mass is 172 g/mol. The Kier molecular flexibility index (Phi) is 56.3. The van der Waals surface area contributed by atoms with Crippen LogP contribution in [0.25, 0.3) is 0 Å². The van der Waals surface area contributed by atoms with E-state index in [0.717, 1.165) is 0 Å². The summed E-state index contributed by atoms with van der Waals surface area (Å²) in [4.78, 5) is 0. The average Bonchev–Trinajstić information content (AvgIpc) is 1.69. The first-order chi connectivity index (χ1) is 3.33. The van der Waals surface area contributed by atoms with E-state index in [1.165, 1.54) is 12.1 Å². The largest absolute Gasteiger partial charge is 0.197 e. The van der Waals surface area contributed by atoms with Gasteiger partial charge in [-0.05, 0) is 0 Å². The minimum Gasteiger partial charge on any atom is -0.197 e. The highest BCUT2D eigenvalue weighted by Gasteiger charge is 1.39. The summed E-state index contributed by atoms with van der Waals surface area (Å²) in [6.45, 7) is 0. The van der Waals surface area contributed by atoms with Gasteiger partial charge in [-0.2, -0.15) is 27.9 Å². The van der Waals surface area contributed by atoms with E-state index in [4.69, 9.17) is 10.5 Å². The number of nitriles is 2. The molecule has 0 saturated heterocycles. The van der Waals surface area contributed by atoms with Crippen LogP contribution in [0.3, 0.4) is 0 Å². The standard InChI is InChI=1S/C2N2.Cl2O.H2S/c3-1-2-4;1-3-2;/h;;1H2. The first kappa shape index (κ1) is 15.7. The second-order valence-electron chi connectivity index (χ2n) is 0.282. The molecule has 0 aliphatic carbocycles. The fourth-order valence-electron chi connectivity index (χ4n) is 0. The summed E-state index contributed by atoms with van der Waals surface area (Å²) >= 11 is 8.53. The molecule has 0 aromatic heterocycles. The molecule has 0 bridgehead atoms. The van der Waals surface area contributed by atoms with Crippen LogP contribution in [0.1, 0.15) is 0 Å². The normalized spacial score (nSPS) is 3.50. The van der Waals surface area contributed by atoms with Crippen molar-refractivity contribution in [3.63, 3.8) is 0 Å². The van der Waals surface area contributed by atoms with Gasteiger partial charge in [-0.3, -0.25) is 0 Å². The average molecular weight is 173 g/mol. The SMILES string of the molecule is ClOCl.N#CC#N.S. The molecule has 0 atom stereocenters. The van der Waals surface area contributed by atoms with Gasteiger partial charge in [-0.15, -0.1) is 0 Å². The van der Waals surface area contributed by atoms with Crippen molar-refractivity contribution in [2.24, 2.45) is 0 Å². The molecule has 0 aromatic carbocycles. The maximum absolute atomic E-state index is 7.26. The van der Waals surface area contributed by atoms with Crippen LogP contribution in [0.5, 0.6) is 0 Å². The number of halogens is 2. The van der Waals surface area contributed by atoms with Crippen molar-refractivity contribution in [3.8, 4) is 12.1 Å². The van der Waals surface area contributed by atoms with Crippen LogP contribution < -0.4 is 0 Å². The zero-order valence-electron chi connectivity index (χ0n) is 3.56. The Morgan fingerprint density at radius 3 is 1.25 bits per heavy atom. The lowest BCUT2D eigenvalue weighted by molar-refractivity contribution is 0.697. The number of rotatable bonds is 0. The van der Waals surface area contributed by atoms with E-state index >= 15 is 0 Å². The van der Waals surface area contributed by atoms with Gasteiger partial charge in [0.25, 0.3) is 0 Å². The summed E-state index contributed by atoms with van der Waals surface area (Å²) in [5.74, 6) is 0. The molecule has 0 rings (SSSR count). The van der Waals surface area contributed by atoms with Gasteiger partial charge in [0.2, 0.25) is 0 Å². The Morgan fingerprint density at radius 1 is 1.12 bits per heavy atom. The van der Waals surface area contributed by atoms with Crippen molar-refractivity contribution < 1.29 is 3.84 Å². The van der Waals surface area contributed by atoms with Crippen LogP contribution >= 0.6 is 37.2 Å². The molecule has 46 valence electrons. The van der Waals surface area contributed by atoms with Gasteiger partial charge in [0.1, 0.15) is 0 Å². The van der Waals surface area contributed by atoms with Crippen molar-refractivity contribution in [3.05, 3.63) is 0 Å². The van der Waals surface area contributed by atoms with E-state index in [9.17, 15) is 0 Å². The van der Waals surface area contributed by atoms with Crippen LogP contribution in [-0.4, -0.2) is 0 Å². The molecule has 0 saturated carbocycles. The Morgan fingerprint density at radius 2 is 1.25 bits per heavy atom. The molecular formula is C2H2Cl2N2OS. The van der Waals surface area contributed by atoms with E-state index < -0.39 is 0 Å². The second kappa shape index (κ2) is 28.7. The number of hydrogen-bond donors (Lipinski definition) is 0. The molecule has 3 nitrogen and oxygen atoms in total. The Hall–Kier alpha value is -0.130. The van der Waals surface area contributed by atoms with Gasteiger partial charge >= 0.3 is 0 Å². The van der Waals surface area contributed by atoms with Crippen molar-refractivity contribution in [1.29, 1.82) is 10.5 Å². The van der Waals surface area contributed by atoms with Gasteiger partial charge in [0, 0.05) is 0 Å². The Labute approximate surface area is 64.2 Å². The fourth-order valence-corrected chi connectivity index (χ4v) is 0. The molecule has 0 aliphatic heterocycles. The van der Waals surface area contributed by atoms with Crippen LogP contribution in [0.15, 0.2) is 0 Å². The molecule has 0 radical (unpaired) electrons. The number of nitrogens with zero attached hydrogens (tertiary/aromatic N) is 2. The van der Waals surface area contributed by atoms with Gasteiger partial charge < -0.3 is 0 Å². The third kappa shape index (κ3) is 184. The Balaban J connectivity index is -0.0000000575. The molecule has 0 unspecified atom stereocenters. The third-order valence-corrected chi connectivity index (χ3v) is 0.0500. The maximum Gasteiger partial charge on any atom is 0.181 e. The topological polar surface area (TPSA) is 56.8 Å². The lowest BCUT2D eigenvalue weighted by Crippen LogP contribution is -1.26. The summed E-state index contributed by atoms with van der Waals surface area (Å²) in [5.41, 5.74) is 0. The van der Waals surface area contributed by atoms with Crippen molar-refractivity contribution in [2.45, 2.75) is 0 Å². The van der Waals surface area contributed by atoms with Gasteiger partial charge in [-0.1, -0.05) is 0 Å². The van der Waals surface area contributed by atoms with E-state index in [1.54, 1.807) is 0 Å². The first-order valence-corrected chi connectivity index (χ1v) is 1.62. The van der Waals surface area contributed by atoms with E-state index in [0.29, 0.717) is 0 Å². The smallest absolute Gasteiger partial charge is 0.181 e. The van der Waals surface area contributed by atoms with Gasteiger partial charge in [0.05, 0.1) is 23.7 Å². The minimum atomic E-state index is 0. The maximum atomic E-state index is 7.26. The highest BCUT2D eigenvalue weighted by molar-refractivity contribution is 7.59. The fraction of sp³-hybridized carbons (Fsp3) is 0. The van der Waals surface area contributed by atoms with Crippen molar-refractivity contribution >= 4 is 37.2 Å². The molecule has 0 fully saturated rings. The van der Waals surface area contributed by atoms with Gasteiger partial charge in [0.15, 0.2) is 12.1 Å². The van der Waals surface area contributed by atoms with Gasteiger partial charge in [-0.25, -0.2) is 0 Å². The number of hydrogen-bond acceptors (Lipinski definition) is 3. The summed E-state index contributed by atoms with van der Waals surface area (Å²) in [6.07, 6.45) is 0. The summed E-state index contributed by atoms with van der Waals surface area (Å²) in [6, 6.07) is 2.47. The Bertz CT molecular complexity index is 83.2. The first-order valence-electron chi connectivity index (χ1n) is 1.01. The quantitative estimate of drug-likeness (QED) is 0.557. The molecule has 0 amide bonds. The van der Waals surface area contributed by atoms with Crippen LogP contribution in [-0.2, 0) is 3.84 Å². The molecule has 6 heteroatoms. The molecule has 0 aromatic rings. The molecule has 0 spiro atoms. The summed E-state index contributed by atoms with van der Waals surface area (Å²) < 4.78 is 3.19. The van der Waals surface area contributed by atoms with E-state index in [1.807, 2.05) is 0 Å². The molecule has 0 heterocycles. The molecule has 0 N–H and O–H groups in total.